The first-order chi connectivity index (χ1) is 13.6. The van der Waals surface area contributed by atoms with Crippen molar-refractivity contribution in [3.8, 4) is 0 Å². The zero-order valence-electron chi connectivity index (χ0n) is 16.0. The number of halogens is 1. The van der Waals surface area contributed by atoms with E-state index < -0.39 is 0 Å². The van der Waals surface area contributed by atoms with Gasteiger partial charge in [0.05, 0.1) is 0 Å². The van der Waals surface area contributed by atoms with E-state index in [1.165, 1.54) is 17.7 Å². The molecule has 3 aromatic rings. The summed E-state index contributed by atoms with van der Waals surface area (Å²) in [7, 11) is 0. The summed E-state index contributed by atoms with van der Waals surface area (Å²) < 4.78 is 0. The Bertz CT molecular complexity index is 1080. The van der Waals surface area contributed by atoms with Crippen molar-refractivity contribution in [3.05, 3.63) is 75.0 Å². The van der Waals surface area contributed by atoms with Crippen LogP contribution in [0, 0.1) is 0 Å². The number of benzene rings is 2. The van der Waals surface area contributed by atoms with Gasteiger partial charge in [0.1, 0.15) is 0 Å². The Hall–Kier alpha value is -2.30. The van der Waals surface area contributed by atoms with E-state index in [0.717, 1.165) is 47.5 Å². The van der Waals surface area contributed by atoms with E-state index in [9.17, 15) is 4.79 Å². The first-order valence-electron chi connectivity index (χ1n) is 10.0. The topological polar surface area (TPSA) is 39.3 Å². The second-order valence-electron chi connectivity index (χ2n) is 8.00. The Balaban J connectivity index is 1.32. The zero-order valence-corrected chi connectivity index (χ0v) is 16.7. The van der Waals surface area contributed by atoms with Crippen LogP contribution in [0.25, 0.3) is 10.9 Å². The summed E-state index contributed by atoms with van der Waals surface area (Å²) in [5.41, 5.74) is 4.35. The van der Waals surface area contributed by atoms with Gasteiger partial charge >= 0.3 is 0 Å². The number of pyridine rings is 1. The van der Waals surface area contributed by atoms with Crippen LogP contribution in [0.3, 0.4) is 0 Å². The van der Waals surface area contributed by atoms with Crippen LogP contribution in [0.5, 0.6) is 0 Å². The van der Waals surface area contributed by atoms with Crippen molar-refractivity contribution in [3.63, 3.8) is 0 Å². The fourth-order valence-corrected chi connectivity index (χ4v) is 4.91. The quantitative estimate of drug-likeness (QED) is 0.721. The SMILES string of the molecule is CCc1cc2ccc(CN3C[C@@H]4C[C@H]3CN4c3ccc(Cl)cc3)cc2[nH]c1=O. The van der Waals surface area contributed by atoms with Crippen LogP contribution in [-0.2, 0) is 13.0 Å². The van der Waals surface area contributed by atoms with Gasteiger partial charge in [-0.15, -0.1) is 0 Å². The third kappa shape index (κ3) is 3.11. The second kappa shape index (κ2) is 6.94. The normalized spacial score (nSPS) is 21.7. The lowest BCUT2D eigenvalue weighted by Crippen LogP contribution is -2.46. The van der Waals surface area contributed by atoms with Gasteiger partial charge in [0.15, 0.2) is 0 Å². The predicted molar refractivity (Wildman–Crippen MR) is 115 cm³/mol. The summed E-state index contributed by atoms with van der Waals surface area (Å²) in [5.74, 6) is 0. The van der Waals surface area contributed by atoms with Gasteiger partial charge < -0.3 is 9.88 Å². The highest BCUT2D eigenvalue weighted by Crippen LogP contribution is 2.35. The van der Waals surface area contributed by atoms with Crippen molar-refractivity contribution in [2.75, 3.05) is 18.0 Å². The molecule has 0 spiro atoms. The maximum absolute atomic E-state index is 12.1. The largest absolute Gasteiger partial charge is 0.366 e. The standard InChI is InChI=1S/C23H24ClN3O/c1-2-16-10-17-4-3-15(9-22(17)25-23(16)28)12-26-13-21-11-20(26)14-27(21)19-7-5-18(24)6-8-19/h3-10,20-21H,2,11-14H2,1H3,(H,25,28)/t20-,21-/m0/s1. The minimum absolute atomic E-state index is 0.0333. The second-order valence-corrected chi connectivity index (χ2v) is 8.44. The third-order valence-corrected chi connectivity index (χ3v) is 6.52. The monoisotopic (exact) mass is 393 g/mol. The lowest BCUT2D eigenvalue weighted by atomic mass is 10.1. The van der Waals surface area contributed by atoms with E-state index >= 15 is 0 Å². The summed E-state index contributed by atoms with van der Waals surface area (Å²) in [4.78, 5) is 20.3. The number of aromatic nitrogens is 1. The highest BCUT2D eigenvalue weighted by atomic mass is 35.5. The van der Waals surface area contributed by atoms with Crippen molar-refractivity contribution in [1.82, 2.24) is 9.88 Å². The van der Waals surface area contributed by atoms with Gasteiger partial charge in [0, 0.05) is 53.5 Å². The van der Waals surface area contributed by atoms with Gasteiger partial charge in [-0.2, -0.15) is 0 Å². The molecule has 0 saturated carbocycles. The zero-order chi connectivity index (χ0) is 19.3. The smallest absolute Gasteiger partial charge is 0.251 e. The van der Waals surface area contributed by atoms with Crippen LogP contribution in [0.4, 0.5) is 5.69 Å². The number of fused-ring (bicyclic) bond motifs is 3. The van der Waals surface area contributed by atoms with Crippen LogP contribution in [0.1, 0.15) is 24.5 Å². The number of hydrogen-bond donors (Lipinski definition) is 1. The van der Waals surface area contributed by atoms with Crippen molar-refractivity contribution >= 4 is 28.2 Å². The number of likely N-dealkylation sites (tertiary alicyclic amines) is 1. The highest BCUT2D eigenvalue weighted by molar-refractivity contribution is 6.30. The maximum Gasteiger partial charge on any atom is 0.251 e. The molecule has 5 rings (SSSR count). The molecular weight excluding hydrogens is 370 g/mol. The van der Waals surface area contributed by atoms with E-state index in [4.69, 9.17) is 11.6 Å². The lowest BCUT2D eigenvalue weighted by Gasteiger charge is -2.35. The van der Waals surface area contributed by atoms with Crippen LogP contribution in [0.2, 0.25) is 5.02 Å². The fraction of sp³-hybridized carbons (Fsp3) is 0.348. The lowest BCUT2D eigenvalue weighted by molar-refractivity contribution is 0.230. The van der Waals surface area contributed by atoms with E-state index in [2.05, 4.69) is 45.1 Å². The molecule has 1 N–H and O–H groups in total. The number of piperazine rings is 1. The molecule has 2 fully saturated rings. The number of H-pyrrole nitrogens is 1. The number of hydrogen-bond acceptors (Lipinski definition) is 3. The molecule has 28 heavy (non-hydrogen) atoms. The van der Waals surface area contributed by atoms with E-state index in [-0.39, 0.29) is 5.56 Å². The number of rotatable bonds is 4. The molecule has 2 aliphatic rings. The van der Waals surface area contributed by atoms with E-state index in [1.54, 1.807) is 0 Å². The molecular formula is C23H24ClN3O. The Morgan fingerprint density at radius 3 is 2.61 bits per heavy atom. The Kier molecular flexibility index (Phi) is 4.41. The minimum Gasteiger partial charge on any atom is -0.366 e. The molecule has 0 radical (unpaired) electrons. The van der Waals surface area contributed by atoms with E-state index in [0.29, 0.717) is 12.1 Å². The van der Waals surface area contributed by atoms with Crippen molar-refractivity contribution in [1.29, 1.82) is 0 Å². The summed E-state index contributed by atoms with van der Waals surface area (Å²) >= 11 is 6.03. The van der Waals surface area contributed by atoms with Crippen molar-refractivity contribution in [2.24, 2.45) is 0 Å². The number of aryl methyl sites for hydroxylation is 1. The average Bonchev–Trinajstić information content (AvgIpc) is 3.28. The van der Waals surface area contributed by atoms with Gasteiger partial charge in [-0.25, -0.2) is 0 Å². The summed E-state index contributed by atoms with van der Waals surface area (Å²) in [6.07, 6.45) is 1.97. The van der Waals surface area contributed by atoms with Crippen LogP contribution in [0.15, 0.2) is 53.3 Å². The minimum atomic E-state index is 0.0333. The summed E-state index contributed by atoms with van der Waals surface area (Å²) in [6.45, 7) is 5.09. The molecule has 144 valence electrons. The fourth-order valence-electron chi connectivity index (χ4n) is 4.78. The Morgan fingerprint density at radius 2 is 1.89 bits per heavy atom. The predicted octanol–water partition coefficient (Wildman–Crippen LogP) is 4.21. The molecule has 0 aliphatic carbocycles. The molecule has 3 heterocycles. The van der Waals surface area contributed by atoms with Gasteiger partial charge in [0.25, 0.3) is 5.56 Å². The van der Waals surface area contributed by atoms with Crippen LogP contribution in [-0.4, -0.2) is 35.1 Å². The Labute approximate surface area is 169 Å². The molecule has 2 aliphatic heterocycles. The summed E-state index contributed by atoms with van der Waals surface area (Å²) in [5, 5.41) is 1.90. The third-order valence-electron chi connectivity index (χ3n) is 6.27. The van der Waals surface area contributed by atoms with Gasteiger partial charge in [0.2, 0.25) is 0 Å². The van der Waals surface area contributed by atoms with Crippen molar-refractivity contribution in [2.45, 2.75) is 38.4 Å². The van der Waals surface area contributed by atoms with Gasteiger partial charge in [-0.1, -0.05) is 30.7 Å². The Morgan fingerprint density at radius 1 is 1.07 bits per heavy atom. The molecule has 5 heteroatoms. The molecule has 2 bridgehead atoms. The first-order valence-corrected chi connectivity index (χ1v) is 10.4. The molecule has 1 aromatic heterocycles. The van der Waals surface area contributed by atoms with E-state index in [1.807, 2.05) is 25.1 Å². The molecule has 2 atom stereocenters. The molecule has 0 unspecified atom stereocenters. The number of aromatic amines is 1. The van der Waals surface area contributed by atoms with Gasteiger partial charge in [-0.3, -0.25) is 9.69 Å². The van der Waals surface area contributed by atoms with Crippen molar-refractivity contribution < 1.29 is 0 Å². The maximum atomic E-state index is 12.1. The highest BCUT2D eigenvalue weighted by Gasteiger charge is 2.42. The number of nitrogens with one attached hydrogen (secondary N) is 1. The number of nitrogens with zero attached hydrogens (tertiary/aromatic N) is 2. The molecule has 2 saturated heterocycles. The van der Waals surface area contributed by atoms with Crippen LogP contribution < -0.4 is 10.5 Å². The molecule has 2 aromatic carbocycles. The summed E-state index contributed by atoms with van der Waals surface area (Å²) in [6, 6.07) is 17.8. The molecule has 4 nitrogen and oxygen atoms in total. The molecule has 0 amide bonds. The van der Waals surface area contributed by atoms with Gasteiger partial charge in [-0.05, 0) is 60.2 Å². The number of anilines is 1. The van der Waals surface area contributed by atoms with Crippen LogP contribution >= 0.6 is 11.6 Å². The first kappa shape index (κ1) is 17.8. The average molecular weight is 394 g/mol.